The summed E-state index contributed by atoms with van der Waals surface area (Å²) in [7, 11) is 1.54. The number of carbonyl (C=O) groups is 2. The number of aromatic nitrogens is 2. The van der Waals surface area contributed by atoms with Gasteiger partial charge in [0.05, 0.1) is 24.0 Å². The Morgan fingerprint density at radius 2 is 1.82 bits per heavy atom. The van der Waals surface area contributed by atoms with Crippen LogP contribution in [-0.2, 0) is 9.59 Å². The van der Waals surface area contributed by atoms with Gasteiger partial charge in [-0.05, 0) is 30.3 Å². The van der Waals surface area contributed by atoms with Crippen LogP contribution in [0.5, 0.6) is 5.75 Å². The molecule has 1 aliphatic heterocycles. The molecule has 0 radical (unpaired) electrons. The third kappa shape index (κ3) is 4.17. The maximum atomic E-state index is 13.2. The molecule has 2 heterocycles. The number of thioether (sulfide) groups is 1. The van der Waals surface area contributed by atoms with Crippen LogP contribution < -0.4 is 9.64 Å². The highest BCUT2D eigenvalue weighted by molar-refractivity contribution is 8.00. The van der Waals surface area contributed by atoms with Gasteiger partial charge in [-0.25, -0.2) is 14.9 Å². The van der Waals surface area contributed by atoms with Gasteiger partial charge < -0.3 is 4.74 Å². The van der Waals surface area contributed by atoms with Crippen molar-refractivity contribution < 1.29 is 14.3 Å². The van der Waals surface area contributed by atoms with Gasteiger partial charge >= 0.3 is 0 Å². The smallest absolute Gasteiger partial charge is 0.247 e. The first kappa shape index (κ1) is 21.4. The number of amides is 2. The first-order valence-corrected chi connectivity index (χ1v) is 11.5. The van der Waals surface area contributed by atoms with E-state index in [1.54, 1.807) is 37.4 Å². The number of rotatable bonds is 5. The number of hydrogen-bond acceptors (Lipinski definition) is 6. The number of imide groups is 1. The largest absolute Gasteiger partial charge is 0.497 e. The Bertz CT molecular complexity index is 1380. The Morgan fingerprint density at radius 1 is 1.00 bits per heavy atom. The van der Waals surface area contributed by atoms with Gasteiger partial charge in [-0.1, -0.05) is 59.8 Å². The standard InChI is InChI=1S/C25H18ClN3O3S/c1-32-18-9-5-8-17(13-18)29-22(30)14-21(24(29)31)33-25-27-20-11-10-16(26)12-19(20)23(28-25)15-6-3-2-4-7-15/h2-13,21H,14H2,1H3. The third-order valence-corrected chi connectivity index (χ3v) is 6.63. The van der Waals surface area contributed by atoms with Crippen molar-refractivity contribution in [2.24, 2.45) is 0 Å². The normalized spacial score (nSPS) is 15.9. The maximum absolute atomic E-state index is 13.2. The average molecular weight is 476 g/mol. The number of fused-ring (bicyclic) bond motifs is 1. The fourth-order valence-corrected chi connectivity index (χ4v) is 4.95. The van der Waals surface area contributed by atoms with Crippen molar-refractivity contribution >= 4 is 51.8 Å². The van der Waals surface area contributed by atoms with Crippen molar-refractivity contribution in [3.63, 3.8) is 0 Å². The molecule has 164 valence electrons. The topological polar surface area (TPSA) is 72.4 Å². The number of ether oxygens (including phenoxy) is 1. The Morgan fingerprint density at radius 3 is 2.61 bits per heavy atom. The minimum atomic E-state index is -0.614. The van der Waals surface area contributed by atoms with Crippen LogP contribution >= 0.6 is 23.4 Å². The highest BCUT2D eigenvalue weighted by Gasteiger charge is 2.41. The molecular formula is C25H18ClN3O3S. The number of benzene rings is 3. The van der Waals surface area contributed by atoms with Gasteiger partial charge in [-0.15, -0.1) is 0 Å². The minimum absolute atomic E-state index is 0.0728. The summed E-state index contributed by atoms with van der Waals surface area (Å²) < 4.78 is 5.23. The van der Waals surface area contributed by atoms with Crippen molar-refractivity contribution in [1.29, 1.82) is 0 Å². The van der Waals surface area contributed by atoms with Crippen molar-refractivity contribution in [1.82, 2.24) is 9.97 Å². The summed E-state index contributed by atoms with van der Waals surface area (Å²) in [6.45, 7) is 0. The quantitative estimate of drug-likeness (QED) is 0.285. The molecule has 0 N–H and O–H groups in total. The molecule has 8 heteroatoms. The second-order valence-electron chi connectivity index (χ2n) is 7.46. The molecular weight excluding hydrogens is 458 g/mol. The molecule has 33 heavy (non-hydrogen) atoms. The van der Waals surface area contributed by atoms with E-state index >= 15 is 0 Å². The van der Waals surface area contributed by atoms with Gasteiger partial charge in [-0.2, -0.15) is 0 Å². The summed E-state index contributed by atoms with van der Waals surface area (Å²) in [5.41, 5.74) is 2.86. The minimum Gasteiger partial charge on any atom is -0.497 e. The number of methoxy groups -OCH3 is 1. The fourth-order valence-electron chi connectivity index (χ4n) is 3.79. The molecule has 5 rings (SSSR count). The van der Waals surface area contributed by atoms with Crippen LogP contribution in [0, 0.1) is 0 Å². The molecule has 1 aliphatic rings. The number of nitrogens with zero attached hydrogens (tertiary/aromatic N) is 3. The molecule has 0 aliphatic carbocycles. The summed E-state index contributed by atoms with van der Waals surface area (Å²) in [6.07, 6.45) is 0.0728. The molecule has 1 aromatic heterocycles. The van der Waals surface area contributed by atoms with Gasteiger partial charge in [0.25, 0.3) is 0 Å². The van der Waals surface area contributed by atoms with Crippen molar-refractivity contribution in [2.75, 3.05) is 12.0 Å². The Balaban J connectivity index is 1.50. The molecule has 2 amide bonds. The maximum Gasteiger partial charge on any atom is 0.247 e. The van der Waals surface area contributed by atoms with Crippen molar-refractivity contribution in [3.8, 4) is 17.0 Å². The number of anilines is 1. The summed E-state index contributed by atoms with van der Waals surface area (Å²) in [6, 6.07) is 22.1. The molecule has 0 spiro atoms. The molecule has 1 unspecified atom stereocenters. The SMILES string of the molecule is COc1cccc(N2C(=O)CC(Sc3nc(-c4ccccc4)c4cc(Cl)ccc4n3)C2=O)c1. The van der Waals surface area contributed by atoms with E-state index in [4.69, 9.17) is 21.3 Å². The monoisotopic (exact) mass is 475 g/mol. The lowest BCUT2D eigenvalue weighted by atomic mass is 10.1. The molecule has 6 nitrogen and oxygen atoms in total. The van der Waals surface area contributed by atoms with Crippen LogP contribution in [0.3, 0.4) is 0 Å². The van der Waals surface area contributed by atoms with Crippen molar-refractivity contribution in [3.05, 3.63) is 77.8 Å². The van der Waals surface area contributed by atoms with Gasteiger partial charge in [0.1, 0.15) is 11.0 Å². The number of halogens is 1. The second kappa shape index (κ2) is 8.84. The third-order valence-electron chi connectivity index (χ3n) is 5.35. The lowest BCUT2D eigenvalue weighted by Gasteiger charge is -2.16. The van der Waals surface area contributed by atoms with E-state index in [1.807, 2.05) is 42.5 Å². The van der Waals surface area contributed by atoms with E-state index in [0.29, 0.717) is 21.6 Å². The highest BCUT2D eigenvalue weighted by Crippen LogP contribution is 2.36. The lowest BCUT2D eigenvalue weighted by molar-refractivity contribution is -0.121. The first-order valence-electron chi connectivity index (χ1n) is 10.2. The number of carbonyl (C=O) groups excluding carboxylic acids is 2. The average Bonchev–Trinajstić information content (AvgIpc) is 3.11. The fraction of sp³-hybridized carbons (Fsp3) is 0.120. The summed E-state index contributed by atoms with van der Waals surface area (Å²) in [5.74, 6) is 0.0224. The van der Waals surface area contributed by atoms with Crippen LogP contribution in [0.15, 0.2) is 78.0 Å². The lowest BCUT2D eigenvalue weighted by Crippen LogP contribution is -2.31. The highest BCUT2D eigenvalue weighted by atomic mass is 35.5. The van der Waals surface area contributed by atoms with Gasteiger partial charge in [0, 0.05) is 28.5 Å². The van der Waals surface area contributed by atoms with Crippen LogP contribution in [0.25, 0.3) is 22.2 Å². The zero-order chi connectivity index (χ0) is 22.9. The van der Waals surface area contributed by atoms with Crippen LogP contribution in [-0.4, -0.2) is 34.1 Å². The van der Waals surface area contributed by atoms with Gasteiger partial charge in [-0.3, -0.25) is 9.59 Å². The van der Waals surface area contributed by atoms with E-state index in [-0.39, 0.29) is 18.2 Å². The summed E-state index contributed by atoms with van der Waals surface area (Å²) in [5, 5.41) is 1.23. The zero-order valence-corrected chi connectivity index (χ0v) is 19.1. The number of hydrogen-bond donors (Lipinski definition) is 0. The zero-order valence-electron chi connectivity index (χ0n) is 17.6. The predicted molar refractivity (Wildman–Crippen MR) is 130 cm³/mol. The van der Waals surface area contributed by atoms with Crippen LogP contribution in [0.2, 0.25) is 5.02 Å². The van der Waals surface area contributed by atoms with E-state index in [1.165, 1.54) is 16.7 Å². The van der Waals surface area contributed by atoms with E-state index in [0.717, 1.165) is 22.2 Å². The van der Waals surface area contributed by atoms with Crippen molar-refractivity contribution in [2.45, 2.75) is 16.8 Å². The van der Waals surface area contributed by atoms with E-state index < -0.39 is 5.25 Å². The molecule has 4 aromatic rings. The first-order chi connectivity index (χ1) is 16.0. The predicted octanol–water partition coefficient (Wildman–Crippen LogP) is 5.38. The molecule has 3 aromatic carbocycles. The van der Waals surface area contributed by atoms with E-state index in [9.17, 15) is 9.59 Å². The Kier molecular flexibility index (Phi) is 5.74. The molecule has 0 bridgehead atoms. The molecule has 1 fully saturated rings. The summed E-state index contributed by atoms with van der Waals surface area (Å²) >= 11 is 7.43. The van der Waals surface area contributed by atoms with Crippen LogP contribution in [0.4, 0.5) is 5.69 Å². The van der Waals surface area contributed by atoms with E-state index in [2.05, 4.69) is 4.98 Å². The van der Waals surface area contributed by atoms with Gasteiger partial charge in [0.2, 0.25) is 11.8 Å². The second-order valence-corrected chi connectivity index (χ2v) is 9.07. The molecule has 1 saturated heterocycles. The molecule has 0 saturated carbocycles. The van der Waals surface area contributed by atoms with Gasteiger partial charge in [0.15, 0.2) is 5.16 Å². The summed E-state index contributed by atoms with van der Waals surface area (Å²) in [4.78, 5) is 36.5. The Labute approximate surface area is 199 Å². The van der Waals surface area contributed by atoms with Crippen LogP contribution in [0.1, 0.15) is 6.42 Å². The Hall–Kier alpha value is -3.42. The molecule has 1 atom stereocenters.